The fourth-order valence-corrected chi connectivity index (χ4v) is 0.797. The lowest BCUT2D eigenvalue weighted by Gasteiger charge is -2.05. The number of hydrogen-bond donors (Lipinski definition) is 1. The Hall–Kier alpha value is -2.11. The van der Waals surface area contributed by atoms with Crippen molar-refractivity contribution in [1.82, 2.24) is 9.55 Å². The molecule has 6 heteroatoms. The molecule has 15 heavy (non-hydrogen) atoms. The molecule has 0 amide bonds. The average molecular weight is 210 g/mol. The van der Waals surface area contributed by atoms with Gasteiger partial charge in [-0.2, -0.15) is 0 Å². The van der Waals surface area contributed by atoms with Gasteiger partial charge in [-0.3, -0.25) is 14.3 Å². The van der Waals surface area contributed by atoms with Crippen LogP contribution < -0.4 is 11.2 Å². The topological polar surface area (TPSA) is 81.2 Å². The Labute approximate surface area is 84.8 Å². The van der Waals surface area contributed by atoms with Crippen molar-refractivity contribution in [2.24, 2.45) is 0 Å². The maximum Gasteiger partial charge on any atom is 0.334 e. The summed E-state index contributed by atoms with van der Waals surface area (Å²) in [4.78, 5) is 34.8. The van der Waals surface area contributed by atoms with Crippen molar-refractivity contribution < 1.29 is 9.53 Å². The minimum atomic E-state index is -0.628. The first kappa shape index (κ1) is 11.0. The second-order valence-electron chi connectivity index (χ2n) is 2.92. The number of ether oxygens (including phenoxy) is 1. The highest BCUT2D eigenvalue weighted by atomic mass is 16.5. The lowest BCUT2D eigenvalue weighted by Crippen LogP contribution is -2.30. The number of carbonyl (C=O) groups is 1. The van der Waals surface area contributed by atoms with Crippen LogP contribution in [0.2, 0.25) is 0 Å². The molecule has 0 radical (unpaired) electrons. The third kappa shape index (κ3) is 2.94. The third-order valence-electron chi connectivity index (χ3n) is 1.58. The van der Waals surface area contributed by atoms with Crippen LogP contribution in [-0.4, -0.2) is 15.5 Å². The van der Waals surface area contributed by atoms with Crippen molar-refractivity contribution in [3.8, 4) is 0 Å². The molecule has 80 valence electrons. The van der Waals surface area contributed by atoms with E-state index in [1.165, 1.54) is 13.1 Å². The first-order chi connectivity index (χ1) is 7.00. The van der Waals surface area contributed by atoms with Gasteiger partial charge in [0.1, 0.15) is 0 Å². The highest BCUT2D eigenvalue weighted by Gasteiger charge is 2.03. The molecule has 0 atom stereocenters. The van der Waals surface area contributed by atoms with Crippen molar-refractivity contribution in [3.05, 3.63) is 45.3 Å². The summed E-state index contributed by atoms with van der Waals surface area (Å²) in [7, 11) is 0. The van der Waals surface area contributed by atoms with Gasteiger partial charge in [0, 0.05) is 17.8 Å². The van der Waals surface area contributed by atoms with Crippen molar-refractivity contribution in [1.29, 1.82) is 0 Å². The van der Waals surface area contributed by atoms with E-state index in [1.807, 2.05) is 4.98 Å². The Bertz CT molecular complexity index is 497. The molecule has 0 bridgehead atoms. The number of nitrogens with zero attached hydrogens (tertiary/aromatic N) is 1. The molecular weight excluding hydrogens is 200 g/mol. The van der Waals surface area contributed by atoms with Gasteiger partial charge in [-0.25, -0.2) is 9.59 Å². The van der Waals surface area contributed by atoms with Crippen LogP contribution in [0.3, 0.4) is 0 Å². The Morgan fingerprint density at radius 1 is 1.60 bits per heavy atom. The number of H-pyrrole nitrogens is 1. The van der Waals surface area contributed by atoms with Crippen LogP contribution in [-0.2, 0) is 16.3 Å². The summed E-state index contributed by atoms with van der Waals surface area (Å²) in [6, 6.07) is 1.16. The molecule has 0 saturated heterocycles. The second kappa shape index (κ2) is 4.41. The maximum atomic E-state index is 11.1. The normalized spacial score (nSPS) is 9.67. The first-order valence-electron chi connectivity index (χ1n) is 4.13. The van der Waals surface area contributed by atoms with E-state index in [2.05, 4.69) is 6.58 Å². The summed E-state index contributed by atoms with van der Waals surface area (Å²) in [5, 5.41) is 0. The number of hydrogen-bond acceptors (Lipinski definition) is 4. The maximum absolute atomic E-state index is 11.1. The van der Waals surface area contributed by atoms with E-state index in [9.17, 15) is 14.4 Å². The van der Waals surface area contributed by atoms with Crippen LogP contribution >= 0.6 is 0 Å². The zero-order valence-electron chi connectivity index (χ0n) is 8.15. The number of aromatic nitrogens is 2. The molecule has 0 unspecified atom stereocenters. The standard InChI is InChI=1S/C9H10N2O4/c1-6(2)8(13)15-5-11-4-3-7(12)10-9(11)14/h3-4H,1,5H2,2H3,(H,10,12,14). The van der Waals surface area contributed by atoms with E-state index >= 15 is 0 Å². The van der Waals surface area contributed by atoms with Crippen LogP contribution in [0.5, 0.6) is 0 Å². The third-order valence-corrected chi connectivity index (χ3v) is 1.58. The van der Waals surface area contributed by atoms with Gasteiger partial charge in [0.2, 0.25) is 0 Å². The van der Waals surface area contributed by atoms with Gasteiger partial charge < -0.3 is 4.74 Å². The Morgan fingerprint density at radius 2 is 2.27 bits per heavy atom. The second-order valence-corrected chi connectivity index (χ2v) is 2.92. The van der Waals surface area contributed by atoms with Gasteiger partial charge in [0.15, 0.2) is 6.73 Å². The van der Waals surface area contributed by atoms with E-state index in [1.54, 1.807) is 0 Å². The summed E-state index contributed by atoms with van der Waals surface area (Å²) in [5.74, 6) is -0.590. The fraction of sp³-hybridized carbons (Fsp3) is 0.222. The van der Waals surface area contributed by atoms with E-state index in [-0.39, 0.29) is 12.3 Å². The largest absolute Gasteiger partial charge is 0.440 e. The minimum Gasteiger partial charge on any atom is -0.440 e. The molecule has 6 nitrogen and oxygen atoms in total. The summed E-state index contributed by atoms with van der Waals surface area (Å²) in [5.41, 5.74) is -0.882. The summed E-state index contributed by atoms with van der Waals surface area (Å²) < 4.78 is 5.77. The molecular formula is C9H10N2O4. The molecule has 1 aromatic heterocycles. The van der Waals surface area contributed by atoms with E-state index in [0.717, 1.165) is 10.6 Å². The molecule has 1 rings (SSSR count). The molecule has 0 aliphatic rings. The predicted molar refractivity (Wildman–Crippen MR) is 52.2 cm³/mol. The monoisotopic (exact) mass is 210 g/mol. The molecule has 1 N–H and O–H groups in total. The van der Waals surface area contributed by atoms with Crippen molar-refractivity contribution >= 4 is 5.97 Å². The zero-order chi connectivity index (χ0) is 11.4. The van der Waals surface area contributed by atoms with E-state index in [4.69, 9.17) is 4.74 Å². The molecule has 0 aliphatic heterocycles. The van der Waals surface area contributed by atoms with Gasteiger partial charge >= 0.3 is 11.7 Å². The highest BCUT2D eigenvalue weighted by molar-refractivity contribution is 5.86. The zero-order valence-corrected chi connectivity index (χ0v) is 8.15. The average Bonchev–Trinajstić information content (AvgIpc) is 2.15. The Balaban J connectivity index is 2.75. The predicted octanol–water partition coefficient (Wildman–Crippen LogP) is -0.387. The lowest BCUT2D eigenvalue weighted by atomic mass is 10.4. The molecule has 0 fully saturated rings. The minimum absolute atomic E-state index is 0.243. The van der Waals surface area contributed by atoms with Crippen molar-refractivity contribution in [2.75, 3.05) is 0 Å². The van der Waals surface area contributed by atoms with Crippen LogP contribution in [0, 0.1) is 0 Å². The van der Waals surface area contributed by atoms with Crippen LogP contribution in [0.1, 0.15) is 6.92 Å². The van der Waals surface area contributed by atoms with Crippen LogP contribution in [0.15, 0.2) is 34.0 Å². The number of rotatable bonds is 3. The number of aromatic amines is 1. The summed E-state index contributed by atoms with van der Waals surface area (Å²) >= 11 is 0. The first-order valence-corrected chi connectivity index (χ1v) is 4.13. The summed E-state index contributed by atoms with van der Waals surface area (Å²) in [6.07, 6.45) is 1.24. The number of carbonyl (C=O) groups excluding carboxylic acids is 1. The van der Waals surface area contributed by atoms with Gasteiger partial charge in [0.05, 0.1) is 0 Å². The molecule has 0 aliphatic carbocycles. The van der Waals surface area contributed by atoms with Gasteiger partial charge in [-0.05, 0) is 6.92 Å². The number of nitrogens with one attached hydrogen (secondary N) is 1. The molecule has 0 aromatic carbocycles. The van der Waals surface area contributed by atoms with E-state index in [0.29, 0.717) is 0 Å². The smallest absolute Gasteiger partial charge is 0.334 e. The molecule has 0 spiro atoms. The van der Waals surface area contributed by atoms with E-state index < -0.39 is 17.2 Å². The van der Waals surface area contributed by atoms with Gasteiger partial charge in [-0.15, -0.1) is 0 Å². The van der Waals surface area contributed by atoms with Gasteiger partial charge in [0.25, 0.3) is 5.56 Å². The van der Waals surface area contributed by atoms with Crippen LogP contribution in [0.25, 0.3) is 0 Å². The lowest BCUT2D eigenvalue weighted by molar-refractivity contribution is -0.142. The van der Waals surface area contributed by atoms with Crippen molar-refractivity contribution in [2.45, 2.75) is 13.7 Å². The fourth-order valence-electron chi connectivity index (χ4n) is 0.797. The molecule has 1 heterocycles. The van der Waals surface area contributed by atoms with Crippen molar-refractivity contribution in [3.63, 3.8) is 0 Å². The quantitative estimate of drug-likeness (QED) is 0.544. The molecule has 1 aromatic rings. The van der Waals surface area contributed by atoms with Gasteiger partial charge in [-0.1, -0.05) is 6.58 Å². The SMILES string of the molecule is C=C(C)C(=O)OCn1ccc(=O)[nH]c1=O. The van der Waals surface area contributed by atoms with Crippen LogP contribution in [0.4, 0.5) is 0 Å². The summed E-state index contributed by atoms with van der Waals surface area (Å²) in [6.45, 7) is 4.63. The molecule has 0 saturated carbocycles. The Morgan fingerprint density at radius 3 is 2.80 bits per heavy atom. The number of esters is 1. The Kier molecular flexibility index (Phi) is 3.22. The highest BCUT2D eigenvalue weighted by Crippen LogP contribution is 1.92.